The lowest BCUT2D eigenvalue weighted by molar-refractivity contribution is 0.369. The predicted octanol–water partition coefficient (Wildman–Crippen LogP) is 2.84. The Labute approximate surface area is 98.1 Å². The summed E-state index contributed by atoms with van der Waals surface area (Å²) in [5.74, 6) is 0.748. The van der Waals surface area contributed by atoms with E-state index in [4.69, 9.17) is 5.73 Å². The monoisotopic (exact) mass is 221 g/mol. The summed E-state index contributed by atoms with van der Waals surface area (Å²) in [5, 5.41) is 0. The van der Waals surface area contributed by atoms with E-state index < -0.39 is 0 Å². The van der Waals surface area contributed by atoms with E-state index in [0.29, 0.717) is 6.04 Å². The normalized spacial score (nSPS) is 18.4. The fourth-order valence-corrected chi connectivity index (χ4v) is 2.45. The molecule has 1 heterocycles. The Hall–Kier alpha value is -0.830. The maximum atomic E-state index is 5.88. The number of hydrogen-bond donors (Lipinski definition) is 1. The molecule has 1 aromatic heterocycles. The Balaban J connectivity index is 2.07. The van der Waals surface area contributed by atoms with E-state index in [1.807, 2.05) is 12.5 Å². The number of nitrogens with zero attached hydrogens (tertiary/aromatic N) is 2. The minimum absolute atomic E-state index is 0.457. The molecule has 0 radical (unpaired) electrons. The fourth-order valence-electron chi connectivity index (χ4n) is 2.45. The zero-order valence-corrected chi connectivity index (χ0v) is 10.2. The number of unbranched alkanes of at least 4 members (excludes halogenated alkanes) is 1. The lowest BCUT2D eigenvalue weighted by Gasteiger charge is -2.29. The highest BCUT2D eigenvalue weighted by atomic mass is 15.1. The van der Waals surface area contributed by atoms with Gasteiger partial charge < -0.3 is 10.3 Å². The molecule has 3 nitrogen and oxygen atoms in total. The molecule has 0 saturated heterocycles. The van der Waals surface area contributed by atoms with Crippen molar-refractivity contribution < 1.29 is 0 Å². The Morgan fingerprint density at radius 3 is 2.94 bits per heavy atom. The van der Waals surface area contributed by atoms with E-state index >= 15 is 0 Å². The van der Waals surface area contributed by atoms with Crippen LogP contribution < -0.4 is 5.73 Å². The van der Waals surface area contributed by atoms with Gasteiger partial charge in [-0.3, -0.25) is 0 Å². The van der Waals surface area contributed by atoms with Crippen molar-refractivity contribution in [3.63, 3.8) is 0 Å². The molecule has 90 valence electrons. The van der Waals surface area contributed by atoms with E-state index in [0.717, 1.165) is 12.5 Å². The van der Waals surface area contributed by atoms with Gasteiger partial charge in [-0.05, 0) is 19.3 Å². The molecular weight excluding hydrogens is 198 g/mol. The van der Waals surface area contributed by atoms with Gasteiger partial charge in [-0.15, -0.1) is 0 Å². The first-order valence-electron chi connectivity index (χ1n) is 6.58. The van der Waals surface area contributed by atoms with Crippen LogP contribution in [-0.2, 0) is 0 Å². The maximum absolute atomic E-state index is 5.88. The lowest BCUT2D eigenvalue weighted by atomic mass is 9.83. The van der Waals surface area contributed by atoms with Crippen molar-refractivity contribution in [2.75, 3.05) is 6.54 Å². The average molecular weight is 221 g/mol. The van der Waals surface area contributed by atoms with Gasteiger partial charge >= 0.3 is 0 Å². The first-order chi connectivity index (χ1) is 7.86. The summed E-state index contributed by atoms with van der Waals surface area (Å²) in [4.78, 5) is 4.31. The molecule has 3 heteroatoms. The van der Waals surface area contributed by atoms with Crippen LogP contribution in [0, 0.1) is 0 Å². The van der Waals surface area contributed by atoms with Crippen LogP contribution >= 0.6 is 0 Å². The van der Waals surface area contributed by atoms with Crippen molar-refractivity contribution in [2.45, 2.75) is 57.4 Å². The number of hydrogen-bond acceptors (Lipinski definition) is 2. The van der Waals surface area contributed by atoms with Gasteiger partial charge in [0.05, 0.1) is 6.33 Å². The standard InChI is InChI=1S/C13H23N3/c1-2-3-7-12(8-14)16-10-15-9-13(16)11-5-4-6-11/h9-12H,2-8,14H2,1H3. The van der Waals surface area contributed by atoms with Gasteiger partial charge in [0.1, 0.15) is 0 Å². The van der Waals surface area contributed by atoms with Crippen LogP contribution in [0.5, 0.6) is 0 Å². The van der Waals surface area contributed by atoms with Crippen LogP contribution in [0.1, 0.15) is 63.1 Å². The van der Waals surface area contributed by atoms with Crippen molar-refractivity contribution in [3.05, 3.63) is 18.2 Å². The Morgan fingerprint density at radius 1 is 1.56 bits per heavy atom. The highest BCUT2D eigenvalue weighted by Gasteiger charge is 2.24. The Kier molecular flexibility index (Phi) is 3.99. The molecule has 1 unspecified atom stereocenters. The second kappa shape index (κ2) is 5.48. The number of nitrogens with two attached hydrogens (primary N) is 1. The summed E-state index contributed by atoms with van der Waals surface area (Å²) < 4.78 is 2.33. The molecule has 1 aromatic rings. The van der Waals surface area contributed by atoms with Crippen LogP contribution in [0.3, 0.4) is 0 Å². The third-order valence-corrected chi connectivity index (χ3v) is 3.78. The van der Waals surface area contributed by atoms with Gasteiger partial charge in [-0.1, -0.05) is 26.2 Å². The maximum Gasteiger partial charge on any atom is 0.0951 e. The molecule has 16 heavy (non-hydrogen) atoms. The highest BCUT2D eigenvalue weighted by Crippen LogP contribution is 2.37. The molecule has 2 rings (SSSR count). The van der Waals surface area contributed by atoms with Gasteiger partial charge in [0, 0.05) is 30.4 Å². The molecule has 0 aromatic carbocycles. The highest BCUT2D eigenvalue weighted by molar-refractivity contribution is 5.10. The third-order valence-electron chi connectivity index (χ3n) is 3.78. The summed E-state index contributed by atoms with van der Waals surface area (Å²) in [5.41, 5.74) is 7.30. The molecule has 2 N–H and O–H groups in total. The molecule has 1 aliphatic rings. The largest absolute Gasteiger partial charge is 0.330 e. The van der Waals surface area contributed by atoms with Crippen molar-refractivity contribution in [1.29, 1.82) is 0 Å². The summed E-state index contributed by atoms with van der Waals surface area (Å²) >= 11 is 0. The minimum atomic E-state index is 0.457. The predicted molar refractivity (Wildman–Crippen MR) is 66.4 cm³/mol. The molecule has 0 amide bonds. The summed E-state index contributed by atoms with van der Waals surface area (Å²) in [7, 11) is 0. The van der Waals surface area contributed by atoms with Crippen LogP contribution in [0.2, 0.25) is 0 Å². The van der Waals surface area contributed by atoms with Crippen LogP contribution in [-0.4, -0.2) is 16.1 Å². The zero-order valence-electron chi connectivity index (χ0n) is 10.2. The van der Waals surface area contributed by atoms with Gasteiger partial charge in [-0.2, -0.15) is 0 Å². The Bertz CT molecular complexity index is 315. The zero-order chi connectivity index (χ0) is 11.4. The van der Waals surface area contributed by atoms with Crippen molar-refractivity contribution in [2.24, 2.45) is 5.73 Å². The molecule has 1 aliphatic carbocycles. The SMILES string of the molecule is CCCCC(CN)n1cncc1C1CCC1. The molecule has 1 saturated carbocycles. The van der Waals surface area contributed by atoms with Gasteiger partial charge in [0.15, 0.2) is 0 Å². The first kappa shape index (κ1) is 11.6. The quantitative estimate of drug-likeness (QED) is 0.802. The molecule has 0 aliphatic heterocycles. The topological polar surface area (TPSA) is 43.8 Å². The van der Waals surface area contributed by atoms with Crippen molar-refractivity contribution >= 4 is 0 Å². The molecule has 1 fully saturated rings. The van der Waals surface area contributed by atoms with Gasteiger partial charge in [0.2, 0.25) is 0 Å². The third kappa shape index (κ3) is 2.29. The molecule has 1 atom stereocenters. The summed E-state index contributed by atoms with van der Waals surface area (Å²) in [6.45, 7) is 2.96. The van der Waals surface area contributed by atoms with Crippen LogP contribution in [0.25, 0.3) is 0 Å². The minimum Gasteiger partial charge on any atom is -0.330 e. The van der Waals surface area contributed by atoms with Crippen molar-refractivity contribution in [1.82, 2.24) is 9.55 Å². The van der Waals surface area contributed by atoms with Gasteiger partial charge in [0.25, 0.3) is 0 Å². The average Bonchev–Trinajstić information content (AvgIpc) is 2.66. The summed E-state index contributed by atoms with van der Waals surface area (Å²) in [6, 6.07) is 0.457. The molecule has 0 spiro atoms. The van der Waals surface area contributed by atoms with Gasteiger partial charge in [-0.25, -0.2) is 4.98 Å². The fraction of sp³-hybridized carbons (Fsp3) is 0.769. The molecular formula is C13H23N3. The van der Waals surface area contributed by atoms with Crippen LogP contribution in [0.4, 0.5) is 0 Å². The van der Waals surface area contributed by atoms with E-state index in [-0.39, 0.29) is 0 Å². The van der Waals surface area contributed by atoms with Crippen LogP contribution in [0.15, 0.2) is 12.5 Å². The van der Waals surface area contributed by atoms with E-state index in [2.05, 4.69) is 16.5 Å². The van der Waals surface area contributed by atoms with E-state index in [1.165, 1.54) is 44.2 Å². The molecule has 0 bridgehead atoms. The lowest BCUT2D eigenvalue weighted by Crippen LogP contribution is -2.23. The Morgan fingerprint density at radius 2 is 2.38 bits per heavy atom. The first-order valence-corrected chi connectivity index (χ1v) is 6.58. The van der Waals surface area contributed by atoms with E-state index in [1.54, 1.807) is 0 Å². The number of rotatable bonds is 6. The summed E-state index contributed by atoms with van der Waals surface area (Å²) in [6.07, 6.45) is 11.7. The second-order valence-electron chi connectivity index (χ2n) is 4.89. The number of aromatic nitrogens is 2. The second-order valence-corrected chi connectivity index (χ2v) is 4.89. The smallest absolute Gasteiger partial charge is 0.0951 e. The number of imidazole rings is 1. The van der Waals surface area contributed by atoms with Crippen molar-refractivity contribution in [3.8, 4) is 0 Å². The van der Waals surface area contributed by atoms with E-state index in [9.17, 15) is 0 Å².